The molecule has 0 saturated heterocycles. The monoisotopic (exact) mass is 298 g/mol. The molecule has 0 spiro atoms. The molecule has 2 aromatic rings. The summed E-state index contributed by atoms with van der Waals surface area (Å²) in [5, 5.41) is 0. The van der Waals surface area contributed by atoms with Crippen molar-refractivity contribution >= 4 is 0 Å². The van der Waals surface area contributed by atoms with E-state index in [1.165, 1.54) is 6.07 Å². The highest BCUT2D eigenvalue weighted by Crippen LogP contribution is 2.31. The first-order valence-electron chi connectivity index (χ1n) is 6.50. The predicted molar refractivity (Wildman–Crippen MR) is 73.4 cm³/mol. The van der Waals surface area contributed by atoms with Crippen LogP contribution in [-0.4, -0.2) is 0 Å². The van der Waals surface area contributed by atoms with E-state index in [0.29, 0.717) is 17.7 Å². The van der Waals surface area contributed by atoms with Crippen LogP contribution in [0.4, 0.5) is 13.2 Å². The van der Waals surface area contributed by atoms with Crippen molar-refractivity contribution in [3.05, 3.63) is 58.5 Å². The first kappa shape index (κ1) is 15.6. The maximum Gasteiger partial charge on any atom is 0.416 e. The molecule has 1 unspecified atom stereocenters. The minimum Gasteiger partial charge on any atom is -0.466 e. The van der Waals surface area contributed by atoms with Crippen molar-refractivity contribution in [2.24, 2.45) is 5.84 Å². The molecule has 0 aliphatic carbocycles. The molecule has 1 aromatic heterocycles. The molecule has 3 N–H and O–H groups in total. The molecule has 0 radical (unpaired) electrons. The van der Waals surface area contributed by atoms with Gasteiger partial charge in [0, 0.05) is 5.56 Å². The van der Waals surface area contributed by atoms with Crippen molar-refractivity contribution in [2.45, 2.75) is 32.5 Å². The van der Waals surface area contributed by atoms with Crippen LogP contribution in [0.2, 0.25) is 0 Å². The molecule has 0 saturated carbocycles. The van der Waals surface area contributed by atoms with Crippen LogP contribution < -0.4 is 11.3 Å². The normalized spacial score (nSPS) is 13.4. The van der Waals surface area contributed by atoms with E-state index in [9.17, 15) is 13.2 Å². The number of furan rings is 1. The zero-order valence-corrected chi connectivity index (χ0v) is 11.8. The minimum absolute atomic E-state index is 0.300. The quantitative estimate of drug-likeness (QED) is 0.669. The third-order valence-electron chi connectivity index (χ3n) is 3.35. The van der Waals surface area contributed by atoms with Gasteiger partial charge in [0.05, 0.1) is 11.6 Å². The highest BCUT2D eigenvalue weighted by molar-refractivity contribution is 5.30. The summed E-state index contributed by atoms with van der Waals surface area (Å²) in [6, 6.07) is 6.80. The first-order valence-corrected chi connectivity index (χ1v) is 6.50. The Morgan fingerprint density at radius 2 is 1.95 bits per heavy atom. The molecule has 114 valence electrons. The predicted octanol–water partition coefficient (Wildman–Crippen LogP) is 3.66. The topological polar surface area (TPSA) is 51.2 Å². The summed E-state index contributed by atoms with van der Waals surface area (Å²) in [4.78, 5) is 0. The number of halogens is 3. The highest BCUT2D eigenvalue weighted by atomic mass is 19.4. The van der Waals surface area contributed by atoms with Crippen LogP contribution in [0.1, 0.15) is 34.3 Å². The third kappa shape index (κ3) is 3.65. The van der Waals surface area contributed by atoms with Gasteiger partial charge < -0.3 is 4.42 Å². The Bertz CT molecular complexity index is 620. The molecule has 21 heavy (non-hydrogen) atoms. The van der Waals surface area contributed by atoms with Gasteiger partial charge in [-0.25, -0.2) is 0 Å². The number of aryl methyl sites for hydroxylation is 2. The lowest BCUT2D eigenvalue weighted by Gasteiger charge is -2.16. The lowest BCUT2D eigenvalue weighted by molar-refractivity contribution is -0.137. The standard InChI is InChI=1S/C15H17F3N2O/c1-9-6-13(10(2)21-9)14(20-19)8-11-4-3-5-12(7-11)15(16,17)18/h3-7,14,20H,8,19H2,1-2H3. The lowest BCUT2D eigenvalue weighted by atomic mass is 9.98. The lowest BCUT2D eigenvalue weighted by Crippen LogP contribution is -2.29. The first-order chi connectivity index (χ1) is 9.81. The van der Waals surface area contributed by atoms with Gasteiger partial charge in [0.2, 0.25) is 0 Å². The third-order valence-corrected chi connectivity index (χ3v) is 3.35. The van der Waals surface area contributed by atoms with Crippen LogP contribution in [0.25, 0.3) is 0 Å². The second-order valence-electron chi connectivity index (χ2n) is 4.99. The second-order valence-corrected chi connectivity index (χ2v) is 4.99. The van der Waals surface area contributed by atoms with Gasteiger partial charge in [0.15, 0.2) is 0 Å². The Morgan fingerprint density at radius 3 is 2.48 bits per heavy atom. The van der Waals surface area contributed by atoms with E-state index in [0.717, 1.165) is 23.5 Å². The largest absolute Gasteiger partial charge is 0.466 e. The summed E-state index contributed by atoms with van der Waals surface area (Å²) in [5.74, 6) is 6.99. The maximum absolute atomic E-state index is 12.7. The van der Waals surface area contributed by atoms with Crippen LogP contribution >= 0.6 is 0 Å². The van der Waals surface area contributed by atoms with Crippen LogP contribution in [0.15, 0.2) is 34.7 Å². The smallest absolute Gasteiger partial charge is 0.416 e. The fraction of sp³-hybridized carbons (Fsp3) is 0.333. The van der Waals surface area contributed by atoms with Gasteiger partial charge in [0.25, 0.3) is 0 Å². The van der Waals surface area contributed by atoms with Crippen molar-refractivity contribution in [2.75, 3.05) is 0 Å². The summed E-state index contributed by atoms with van der Waals surface area (Å²) in [6.45, 7) is 3.62. The van der Waals surface area contributed by atoms with Crippen LogP contribution in [0, 0.1) is 13.8 Å². The molecule has 0 fully saturated rings. The van der Waals surface area contributed by atoms with Crippen LogP contribution in [-0.2, 0) is 12.6 Å². The Labute approximate surface area is 120 Å². The Balaban J connectivity index is 2.25. The van der Waals surface area contributed by atoms with E-state index < -0.39 is 11.7 Å². The summed E-state index contributed by atoms with van der Waals surface area (Å²) >= 11 is 0. The molecule has 2 rings (SSSR count). The molecule has 0 aliphatic rings. The number of hydrogen-bond donors (Lipinski definition) is 2. The number of rotatable bonds is 4. The Morgan fingerprint density at radius 1 is 1.24 bits per heavy atom. The number of alkyl halides is 3. The maximum atomic E-state index is 12.7. The summed E-state index contributed by atoms with van der Waals surface area (Å²) in [7, 11) is 0. The van der Waals surface area contributed by atoms with Crippen molar-refractivity contribution in [1.82, 2.24) is 5.43 Å². The van der Waals surface area contributed by atoms with Gasteiger partial charge in [-0.2, -0.15) is 13.2 Å². The van der Waals surface area contributed by atoms with Crippen molar-refractivity contribution in [1.29, 1.82) is 0 Å². The van der Waals surface area contributed by atoms with Gasteiger partial charge in [-0.3, -0.25) is 11.3 Å². The van der Waals surface area contributed by atoms with E-state index >= 15 is 0 Å². The molecule has 0 aliphatic heterocycles. The second kappa shape index (κ2) is 5.91. The van der Waals surface area contributed by atoms with Gasteiger partial charge in [-0.15, -0.1) is 0 Å². The van der Waals surface area contributed by atoms with E-state index in [1.807, 2.05) is 13.0 Å². The average Bonchev–Trinajstić information content (AvgIpc) is 2.74. The fourth-order valence-corrected chi connectivity index (χ4v) is 2.37. The van der Waals surface area contributed by atoms with Crippen molar-refractivity contribution < 1.29 is 17.6 Å². The summed E-state index contributed by atoms with van der Waals surface area (Å²) in [5.41, 5.74) is 3.40. The van der Waals surface area contributed by atoms with Crippen LogP contribution in [0.5, 0.6) is 0 Å². The Hall–Kier alpha value is -1.79. The van der Waals surface area contributed by atoms with Gasteiger partial charge in [-0.1, -0.05) is 18.2 Å². The molecule has 3 nitrogen and oxygen atoms in total. The van der Waals surface area contributed by atoms with E-state index in [2.05, 4.69) is 5.43 Å². The van der Waals surface area contributed by atoms with Gasteiger partial charge in [0.1, 0.15) is 11.5 Å². The molecule has 1 aromatic carbocycles. The molecule has 0 bridgehead atoms. The summed E-state index contributed by atoms with van der Waals surface area (Å²) < 4.78 is 43.6. The molecule has 1 atom stereocenters. The highest BCUT2D eigenvalue weighted by Gasteiger charge is 2.30. The fourth-order valence-electron chi connectivity index (χ4n) is 2.37. The molecular formula is C15H17F3N2O. The molecule has 6 heteroatoms. The van der Waals surface area contributed by atoms with E-state index in [4.69, 9.17) is 10.3 Å². The van der Waals surface area contributed by atoms with E-state index in [1.54, 1.807) is 13.0 Å². The number of nitrogens with two attached hydrogens (primary N) is 1. The molecule has 0 amide bonds. The number of hydrazine groups is 1. The van der Waals surface area contributed by atoms with Crippen molar-refractivity contribution in [3.8, 4) is 0 Å². The van der Waals surface area contributed by atoms with Crippen LogP contribution in [0.3, 0.4) is 0 Å². The molecule has 1 heterocycles. The minimum atomic E-state index is -4.34. The molecular weight excluding hydrogens is 281 g/mol. The van der Waals surface area contributed by atoms with E-state index in [-0.39, 0.29) is 6.04 Å². The SMILES string of the molecule is Cc1cc(C(Cc2cccc(C(F)(F)F)c2)NN)c(C)o1. The summed E-state index contributed by atoms with van der Waals surface area (Å²) in [6.07, 6.45) is -4.00. The van der Waals surface area contributed by atoms with Gasteiger partial charge in [-0.05, 0) is 38.0 Å². The zero-order chi connectivity index (χ0) is 15.6. The van der Waals surface area contributed by atoms with Gasteiger partial charge >= 0.3 is 6.18 Å². The number of nitrogens with one attached hydrogen (secondary N) is 1. The van der Waals surface area contributed by atoms with Crippen molar-refractivity contribution in [3.63, 3.8) is 0 Å². The number of hydrogen-bond acceptors (Lipinski definition) is 3. The zero-order valence-electron chi connectivity index (χ0n) is 11.8. The Kier molecular flexibility index (Phi) is 4.39. The average molecular weight is 298 g/mol. The number of benzene rings is 1.